The maximum absolute atomic E-state index is 15.1. The minimum Gasteiger partial charge on any atom is -0.493 e. The van der Waals surface area contributed by atoms with E-state index in [1.807, 2.05) is 26.8 Å². The first-order valence-corrected chi connectivity index (χ1v) is 16.4. The molecule has 0 spiro atoms. The van der Waals surface area contributed by atoms with Crippen molar-refractivity contribution in [2.24, 2.45) is 0 Å². The molecule has 0 saturated carbocycles. The van der Waals surface area contributed by atoms with Crippen LogP contribution < -0.4 is 25.4 Å². The van der Waals surface area contributed by atoms with E-state index in [0.717, 1.165) is 5.69 Å². The molecule has 2 aliphatic heterocycles. The minimum atomic E-state index is -0.777. The zero-order chi connectivity index (χ0) is 34.8. The summed E-state index contributed by atoms with van der Waals surface area (Å²) in [6, 6.07) is 9.94. The van der Waals surface area contributed by atoms with E-state index in [2.05, 4.69) is 21.0 Å². The predicted octanol–water partition coefficient (Wildman–Crippen LogP) is 4.53. The van der Waals surface area contributed by atoms with Crippen LogP contribution in [0.25, 0.3) is 0 Å². The highest BCUT2D eigenvalue weighted by Crippen LogP contribution is 2.34. The van der Waals surface area contributed by atoms with Crippen LogP contribution in [0.4, 0.5) is 4.39 Å². The van der Waals surface area contributed by atoms with E-state index >= 15 is 4.39 Å². The van der Waals surface area contributed by atoms with Gasteiger partial charge in [-0.15, -0.1) is 0 Å². The van der Waals surface area contributed by atoms with Crippen molar-refractivity contribution in [2.75, 3.05) is 26.7 Å². The summed E-state index contributed by atoms with van der Waals surface area (Å²) in [5.41, 5.74) is 2.04. The molecule has 13 heteroatoms. The molecular formula is C35H45FN6O6. The molecule has 4 amide bonds. The van der Waals surface area contributed by atoms with Gasteiger partial charge in [-0.05, 0) is 74.1 Å². The number of hydrogen-bond donors (Lipinski definition) is 3. The van der Waals surface area contributed by atoms with E-state index < -0.39 is 17.8 Å². The van der Waals surface area contributed by atoms with Gasteiger partial charge in [-0.3, -0.25) is 23.9 Å². The van der Waals surface area contributed by atoms with Gasteiger partial charge in [-0.25, -0.2) is 4.39 Å². The van der Waals surface area contributed by atoms with Gasteiger partial charge in [0, 0.05) is 44.7 Å². The number of nitrogens with one attached hydrogen (secondary N) is 3. The van der Waals surface area contributed by atoms with Gasteiger partial charge in [0.1, 0.15) is 11.7 Å². The van der Waals surface area contributed by atoms with Gasteiger partial charge in [0.25, 0.3) is 11.8 Å². The average Bonchev–Trinajstić information content (AvgIpc) is 3.52. The third kappa shape index (κ3) is 9.11. The van der Waals surface area contributed by atoms with E-state index in [1.54, 1.807) is 34.7 Å². The summed E-state index contributed by atoms with van der Waals surface area (Å²) in [5, 5.41) is 13.0. The normalized spacial score (nSPS) is 16.9. The number of ether oxygens (including phenoxy) is 2. The number of carbonyl (C=O) groups excluding carboxylic acids is 4. The maximum Gasteiger partial charge on any atom is 0.272 e. The highest BCUT2D eigenvalue weighted by Gasteiger charge is 2.24. The van der Waals surface area contributed by atoms with Crippen molar-refractivity contribution in [3.05, 3.63) is 70.8 Å². The van der Waals surface area contributed by atoms with Crippen LogP contribution in [-0.2, 0) is 22.7 Å². The molecule has 2 aliphatic rings. The number of benzene rings is 2. The molecule has 0 aliphatic carbocycles. The van der Waals surface area contributed by atoms with Crippen molar-refractivity contribution in [1.29, 1.82) is 0 Å². The third-order valence-electron chi connectivity index (χ3n) is 8.09. The van der Waals surface area contributed by atoms with Crippen LogP contribution in [0, 0.1) is 5.82 Å². The molecular weight excluding hydrogens is 619 g/mol. The fourth-order valence-electron chi connectivity index (χ4n) is 5.30. The quantitative estimate of drug-likeness (QED) is 0.364. The van der Waals surface area contributed by atoms with Crippen molar-refractivity contribution < 1.29 is 33.0 Å². The highest BCUT2D eigenvalue weighted by molar-refractivity contribution is 5.95. The number of hydrogen-bond acceptors (Lipinski definition) is 7. The Kier molecular flexibility index (Phi) is 12.5. The summed E-state index contributed by atoms with van der Waals surface area (Å²) in [5.74, 6) is -1.46. The lowest BCUT2D eigenvalue weighted by molar-refractivity contribution is -0.129. The first-order valence-electron chi connectivity index (χ1n) is 16.4. The van der Waals surface area contributed by atoms with E-state index in [9.17, 15) is 19.2 Å². The monoisotopic (exact) mass is 664 g/mol. The topological polar surface area (TPSA) is 144 Å². The number of amides is 4. The number of fused-ring (bicyclic) bond motifs is 16. The van der Waals surface area contributed by atoms with Gasteiger partial charge in [0.15, 0.2) is 23.1 Å². The number of halogens is 1. The molecule has 48 heavy (non-hydrogen) atoms. The number of carbonyl (C=O) groups is 4. The van der Waals surface area contributed by atoms with Crippen LogP contribution in [0.5, 0.6) is 17.2 Å². The Hall–Kier alpha value is -4.94. The Bertz CT molecular complexity index is 1620. The minimum absolute atomic E-state index is 0.0331. The van der Waals surface area contributed by atoms with Crippen molar-refractivity contribution in [3.8, 4) is 17.2 Å². The molecule has 0 saturated heterocycles. The Morgan fingerprint density at radius 3 is 2.50 bits per heavy atom. The number of rotatable bonds is 5. The number of methoxy groups -OCH3 is 1. The molecule has 0 unspecified atom stereocenters. The zero-order valence-electron chi connectivity index (χ0n) is 28.2. The van der Waals surface area contributed by atoms with Crippen LogP contribution in [0.2, 0.25) is 0 Å². The smallest absolute Gasteiger partial charge is 0.272 e. The van der Waals surface area contributed by atoms with E-state index in [-0.39, 0.29) is 66.8 Å². The molecule has 3 aromatic rings. The van der Waals surface area contributed by atoms with Crippen LogP contribution >= 0.6 is 0 Å². The molecule has 3 heterocycles. The van der Waals surface area contributed by atoms with Crippen LogP contribution in [-0.4, -0.2) is 71.1 Å². The molecule has 3 N–H and O–H groups in total. The molecule has 0 fully saturated rings. The highest BCUT2D eigenvalue weighted by atomic mass is 19.1. The van der Waals surface area contributed by atoms with Crippen molar-refractivity contribution >= 4 is 23.6 Å². The second-order valence-corrected chi connectivity index (χ2v) is 11.9. The van der Waals surface area contributed by atoms with Gasteiger partial charge in [-0.2, -0.15) is 5.10 Å². The zero-order valence-corrected chi connectivity index (χ0v) is 28.2. The van der Waals surface area contributed by atoms with Gasteiger partial charge in [0.2, 0.25) is 11.8 Å². The summed E-state index contributed by atoms with van der Waals surface area (Å²) >= 11 is 0. The van der Waals surface area contributed by atoms with E-state index in [0.29, 0.717) is 49.4 Å². The van der Waals surface area contributed by atoms with Crippen molar-refractivity contribution in [3.63, 3.8) is 0 Å². The molecule has 1 aromatic heterocycles. The lowest BCUT2D eigenvalue weighted by Gasteiger charge is -2.23. The fourth-order valence-corrected chi connectivity index (χ4v) is 5.30. The summed E-state index contributed by atoms with van der Waals surface area (Å²) in [6.45, 7) is 9.15. The Morgan fingerprint density at radius 2 is 1.81 bits per heavy atom. The number of aromatic nitrogens is 2. The van der Waals surface area contributed by atoms with Crippen molar-refractivity contribution in [1.82, 2.24) is 30.6 Å². The van der Waals surface area contributed by atoms with Crippen LogP contribution in [0.15, 0.2) is 42.5 Å². The van der Waals surface area contributed by atoms with Crippen LogP contribution in [0.3, 0.4) is 0 Å². The molecule has 0 radical (unpaired) electrons. The average molecular weight is 665 g/mol. The first-order chi connectivity index (χ1) is 23.0. The summed E-state index contributed by atoms with van der Waals surface area (Å²) < 4.78 is 28.0. The largest absolute Gasteiger partial charge is 0.493 e. The third-order valence-corrected chi connectivity index (χ3v) is 8.09. The van der Waals surface area contributed by atoms with Crippen LogP contribution in [0.1, 0.15) is 91.4 Å². The molecule has 2 aromatic carbocycles. The molecule has 5 rings (SSSR count). The fraction of sp³-hybridized carbons (Fsp3) is 0.457. The van der Waals surface area contributed by atoms with Gasteiger partial charge in [-0.1, -0.05) is 26.8 Å². The van der Waals surface area contributed by atoms with E-state index in [4.69, 9.17) is 9.47 Å². The molecule has 258 valence electrons. The molecule has 1 atom stereocenters. The lowest BCUT2D eigenvalue weighted by Crippen LogP contribution is -2.46. The molecule has 12 nitrogen and oxygen atoms in total. The lowest BCUT2D eigenvalue weighted by atomic mass is 10.1. The number of aryl methyl sites for hydroxylation is 1. The first kappa shape index (κ1) is 35.9. The maximum atomic E-state index is 15.1. The number of nitrogens with zero attached hydrogens (tertiary/aromatic N) is 3. The Labute approximate surface area is 280 Å². The summed E-state index contributed by atoms with van der Waals surface area (Å²) in [6.07, 6.45) is 1.26. The second kappa shape index (κ2) is 16.8. The van der Waals surface area contributed by atoms with Gasteiger partial charge in [0.05, 0.1) is 12.8 Å². The molecule has 4 bridgehead atoms. The van der Waals surface area contributed by atoms with Gasteiger partial charge >= 0.3 is 0 Å². The SMILES string of the molecule is CC[C@@H]1NC(=O)CCCN(C(=O)c2cc(C(C)C)nn2CC)CCCNC(=O)c2ccc(OC)c(c2)Oc2ccc(cc2F)CNC1=O. The summed E-state index contributed by atoms with van der Waals surface area (Å²) in [4.78, 5) is 54.4. The standard InChI is InChI=1S/C35H45FN6O6/c1-6-26-34(45)38-21-23-11-13-29(25(36)18-23)48-31-19-24(12-14-30(31)47-5)33(44)37-15-9-17-41(16-8-10-32(43)39-26)35(46)28-20-27(22(3)4)40-42(28)7-2/h11-14,18-20,22,26H,6-10,15-17,21H2,1-5H3,(H,37,44)(H,38,45)(H,39,43)/t26-/m0/s1. The Morgan fingerprint density at radius 1 is 1.04 bits per heavy atom. The Balaban J connectivity index is 1.59. The van der Waals surface area contributed by atoms with Gasteiger partial charge < -0.3 is 30.3 Å². The van der Waals surface area contributed by atoms with Crippen molar-refractivity contribution in [2.45, 2.75) is 78.4 Å². The van der Waals surface area contributed by atoms with E-state index in [1.165, 1.54) is 25.3 Å². The summed E-state index contributed by atoms with van der Waals surface area (Å²) in [7, 11) is 1.44. The predicted molar refractivity (Wildman–Crippen MR) is 178 cm³/mol. The second-order valence-electron chi connectivity index (χ2n) is 11.9.